The Morgan fingerprint density at radius 1 is 1.05 bits per heavy atom. The SMILES string of the molecule is COC(=O)C(NC(=O)Cc1ccc(NC(=O)C(NC(=O)c2ccnn2C(C)C)C(C2CC2)C2CC2)c(F)c1)C(F)(F)F. The second-order valence-corrected chi connectivity index (χ2v) is 11.0. The Morgan fingerprint density at radius 3 is 2.21 bits per heavy atom. The normalized spacial score (nSPS) is 16.6. The Morgan fingerprint density at radius 2 is 1.69 bits per heavy atom. The Balaban J connectivity index is 1.47. The molecule has 2 unspecified atom stereocenters. The smallest absolute Gasteiger partial charge is 0.419 e. The molecule has 0 radical (unpaired) electrons. The zero-order chi connectivity index (χ0) is 30.8. The lowest BCUT2D eigenvalue weighted by atomic mass is 9.88. The maximum Gasteiger partial charge on any atom is 0.419 e. The van der Waals surface area contributed by atoms with Crippen molar-refractivity contribution in [2.75, 3.05) is 12.4 Å². The molecule has 2 aromatic rings. The quantitative estimate of drug-likeness (QED) is 0.254. The number of anilines is 1. The van der Waals surface area contributed by atoms with E-state index in [0.29, 0.717) is 5.69 Å². The Kier molecular flexibility index (Phi) is 9.21. The maximum atomic E-state index is 15.0. The van der Waals surface area contributed by atoms with Gasteiger partial charge in [-0.25, -0.2) is 9.18 Å². The molecule has 4 rings (SSSR count). The van der Waals surface area contributed by atoms with Crippen molar-refractivity contribution in [1.82, 2.24) is 20.4 Å². The first-order chi connectivity index (χ1) is 19.8. The van der Waals surface area contributed by atoms with E-state index in [1.54, 1.807) is 16.1 Å². The highest BCUT2D eigenvalue weighted by Gasteiger charge is 2.49. The average molecular weight is 596 g/mol. The molecule has 0 saturated heterocycles. The van der Waals surface area contributed by atoms with E-state index in [2.05, 4.69) is 20.5 Å². The molecule has 3 N–H and O–H groups in total. The molecule has 0 spiro atoms. The average Bonchev–Trinajstić information content (AvgIpc) is 3.86. The number of hydrogen-bond donors (Lipinski definition) is 3. The molecule has 10 nitrogen and oxygen atoms in total. The van der Waals surface area contributed by atoms with Gasteiger partial charge in [-0.15, -0.1) is 0 Å². The number of carbonyl (C=O) groups excluding carboxylic acids is 4. The molecule has 228 valence electrons. The lowest BCUT2D eigenvalue weighted by molar-refractivity contribution is -0.184. The molecular weight excluding hydrogens is 562 g/mol. The van der Waals surface area contributed by atoms with E-state index in [1.165, 1.54) is 18.3 Å². The number of benzene rings is 1. The molecule has 3 amide bonds. The maximum absolute atomic E-state index is 15.0. The number of esters is 1. The monoisotopic (exact) mass is 595 g/mol. The Labute approximate surface area is 239 Å². The fourth-order valence-corrected chi connectivity index (χ4v) is 5.12. The molecule has 2 saturated carbocycles. The third-order valence-corrected chi connectivity index (χ3v) is 7.40. The summed E-state index contributed by atoms with van der Waals surface area (Å²) in [6, 6.07) is 1.03. The van der Waals surface area contributed by atoms with Gasteiger partial charge in [-0.3, -0.25) is 19.1 Å². The van der Waals surface area contributed by atoms with Gasteiger partial charge >= 0.3 is 12.1 Å². The molecule has 2 atom stereocenters. The summed E-state index contributed by atoms with van der Waals surface area (Å²) in [4.78, 5) is 50.4. The van der Waals surface area contributed by atoms with Gasteiger partial charge in [-0.2, -0.15) is 18.3 Å². The van der Waals surface area contributed by atoms with Crippen LogP contribution in [0.3, 0.4) is 0 Å². The van der Waals surface area contributed by atoms with Crippen LogP contribution in [0.2, 0.25) is 0 Å². The van der Waals surface area contributed by atoms with Crippen LogP contribution in [-0.4, -0.2) is 58.8 Å². The number of nitrogens with one attached hydrogen (secondary N) is 3. The van der Waals surface area contributed by atoms with E-state index in [1.807, 2.05) is 13.8 Å². The lowest BCUT2D eigenvalue weighted by Crippen LogP contribution is -2.51. The van der Waals surface area contributed by atoms with Crippen molar-refractivity contribution in [3.63, 3.8) is 0 Å². The van der Waals surface area contributed by atoms with Crippen LogP contribution in [0.1, 0.15) is 61.6 Å². The van der Waals surface area contributed by atoms with Gasteiger partial charge < -0.3 is 20.7 Å². The molecule has 14 heteroatoms. The van der Waals surface area contributed by atoms with Crippen LogP contribution in [-0.2, 0) is 25.5 Å². The topological polar surface area (TPSA) is 131 Å². The molecule has 0 aliphatic heterocycles. The van der Waals surface area contributed by atoms with E-state index in [-0.39, 0.29) is 35.0 Å². The van der Waals surface area contributed by atoms with E-state index in [0.717, 1.165) is 38.9 Å². The summed E-state index contributed by atoms with van der Waals surface area (Å²) in [6.45, 7) is 3.74. The molecule has 0 bridgehead atoms. The summed E-state index contributed by atoms with van der Waals surface area (Å²) in [7, 11) is 0.754. The molecular formula is C28H33F4N5O5. The molecule has 2 fully saturated rings. The summed E-state index contributed by atoms with van der Waals surface area (Å²) in [5.41, 5.74) is 0.0834. The van der Waals surface area contributed by atoms with E-state index >= 15 is 4.39 Å². The number of aromatic nitrogens is 2. The summed E-state index contributed by atoms with van der Waals surface area (Å²) in [6.07, 6.45) is -0.521. The Bertz CT molecular complexity index is 1320. The van der Waals surface area contributed by atoms with E-state index in [9.17, 15) is 32.3 Å². The van der Waals surface area contributed by atoms with Gasteiger partial charge in [0.2, 0.25) is 17.9 Å². The standard InChI is InChI=1S/C28H33F4N5O5/c1-14(2)37-20(10-11-33-37)25(39)36-23(22(16-5-6-16)17-7-8-17)26(40)34-19-9-4-15(12-18(19)29)13-21(38)35-24(27(41)42-3)28(30,31)32/h4,9-12,14,16-17,22-24H,5-8,13H2,1-3H3,(H,34,40)(H,35,38)(H,36,39). The number of ether oxygens (including phenoxy) is 1. The first-order valence-corrected chi connectivity index (χ1v) is 13.7. The number of hydrogen-bond acceptors (Lipinski definition) is 6. The highest BCUT2D eigenvalue weighted by molar-refractivity contribution is 6.01. The van der Waals surface area contributed by atoms with Gasteiger partial charge in [-0.05, 0) is 81.0 Å². The van der Waals surface area contributed by atoms with Crippen LogP contribution in [0.4, 0.5) is 23.2 Å². The van der Waals surface area contributed by atoms with Crippen LogP contribution in [0.15, 0.2) is 30.5 Å². The number of carbonyl (C=O) groups is 4. The molecule has 2 aliphatic carbocycles. The van der Waals surface area contributed by atoms with Crippen molar-refractivity contribution >= 4 is 29.4 Å². The molecule has 1 aromatic heterocycles. The second kappa shape index (κ2) is 12.5. The number of methoxy groups -OCH3 is 1. The Hall–Kier alpha value is -3.97. The predicted octanol–water partition coefficient (Wildman–Crippen LogP) is 3.54. The van der Waals surface area contributed by atoms with Crippen LogP contribution in [0.5, 0.6) is 0 Å². The van der Waals surface area contributed by atoms with Gasteiger partial charge in [0.1, 0.15) is 17.6 Å². The van der Waals surface area contributed by atoms with Crippen molar-refractivity contribution < 1.29 is 41.5 Å². The summed E-state index contributed by atoms with van der Waals surface area (Å²) in [5.74, 6) is -4.46. The fourth-order valence-electron chi connectivity index (χ4n) is 5.12. The van der Waals surface area contributed by atoms with Gasteiger partial charge in [0.05, 0.1) is 19.2 Å². The fraction of sp³-hybridized carbons (Fsp3) is 0.536. The van der Waals surface area contributed by atoms with Crippen molar-refractivity contribution in [2.24, 2.45) is 17.8 Å². The first kappa shape index (κ1) is 31.0. The number of amides is 3. The van der Waals surface area contributed by atoms with E-state index < -0.39 is 54.2 Å². The summed E-state index contributed by atoms with van der Waals surface area (Å²) < 4.78 is 59.9. The number of halogens is 4. The summed E-state index contributed by atoms with van der Waals surface area (Å²) in [5, 5.41) is 11.1. The predicted molar refractivity (Wildman–Crippen MR) is 142 cm³/mol. The first-order valence-electron chi connectivity index (χ1n) is 13.7. The highest BCUT2D eigenvalue weighted by Crippen LogP contribution is 2.51. The second-order valence-electron chi connectivity index (χ2n) is 11.0. The lowest BCUT2D eigenvalue weighted by Gasteiger charge is -2.28. The molecule has 1 heterocycles. The zero-order valence-electron chi connectivity index (χ0n) is 23.3. The summed E-state index contributed by atoms with van der Waals surface area (Å²) >= 11 is 0. The van der Waals surface area contributed by atoms with Gasteiger partial charge in [0, 0.05) is 12.2 Å². The minimum atomic E-state index is -5.08. The van der Waals surface area contributed by atoms with Crippen molar-refractivity contribution in [3.8, 4) is 0 Å². The van der Waals surface area contributed by atoms with Gasteiger partial charge in [0.25, 0.3) is 5.91 Å². The number of rotatable bonds is 12. The molecule has 1 aromatic carbocycles. The number of alkyl halides is 3. The van der Waals surface area contributed by atoms with Crippen LogP contribution >= 0.6 is 0 Å². The van der Waals surface area contributed by atoms with Crippen molar-refractivity contribution in [1.29, 1.82) is 0 Å². The molecule has 2 aliphatic rings. The third kappa shape index (κ3) is 7.45. The van der Waals surface area contributed by atoms with Crippen molar-refractivity contribution in [3.05, 3.63) is 47.5 Å². The third-order valence-electron chi connectivity index (χ3n) is 7.40. The van der Waals surface area contributed by atoms with Crippen LogP contribution in [0, 0.1) is 23.6 Å². The van der Waals surface area contributed by atoms with Crippen LogP contribution in [0.25, 0.3) is 0 Å². The van der Waals surface area contributed by atoms with E-state index in [4.69, 9.17) is 0 Å². The minimum Gasteiger partial charge on any atom is -0.467 e. The van der Waals surface area contributed by atoms with Gasteiger partial charge in [0.15, 0.2) is 0 Å². The van der Waals surface area contributed by atoms with Crippen molar-refractivity contribution in [2.45, 2.75) is 70.3 Å². The largest absolute Gasteiger partial charge is 0.467 e. The highest BCUT2D eigenvalue weighted by atomic mass is 19.4. The molecule has 42 heavy (non-hydrogen) atoms. The minimum absolute atomic E-state index is 0.00873. The van der Waals surface area contributed by atoms with Gasteiger partial charge in [-0.1, -0.05) is 6.07 Å². The number of nitrogens with zero attached hydrogens (tertiary/aromatic N) is 2. The van der Waals surface area contributed by atoms with Crippen LogP contribution < -0.4 is 16.0 Å². The zero-order valence-corrected chi connectivity index (χ0v) is 23.3.